The van der Waals surface area contributed by atoms with Gasteiger partial charge >= 0.3 is 0 Å². The van der Waals surface area contributed by atoms with Crippen LogP contribution in [0.5, 0.6) is 0 Å². The molecule has 626 valence electrons. The summed E-state index contributed by atoms with van der Waals surface area (Å²) in [4.78, 5) is 34.9. The lowest BCUT2D eigenvalue weighted by Crippen LogP contribution is -2.14. The lowest BCUT2D eigenvalue weighted by Gasteiger charge is -2.22. The molecule has 1 aliphatic rings. The van der Waals surface area contributed by atoms with Crippen molar-refractivity contribution >= 4 is 115 Å². The molecule has 11 nitrogen and oxygen atoms in total. The highest BCUT2D eigenvalue weighted by atomic mass is 15.0. The summed E-state index contributed by atoms with van der Waals surface area (Å²) in [6.45, 7) is 4.69. The second kappa shape index (κ2) is 32.0. The Balaban J connectivity index is 0.000000108. The van der Waals surface area contributed by atoms with Gasteiger partial charge in [0.05, 0.1) is 72.3 Å². The van der Waals surface area contributed by atoms with Gasteiger partial charge < -0.3 is 0 Å². The molecule has 0 radical (unpaired) electrons. The fourth-order valence-corrected chi connectivity index (χ4v) is 20.1. The number of hydrogen-bond donors (Lipinski definition) is 0. The third-order valence-corrected chi connectivity index (χ3v) is 26.7. The fourth-order valence-electron chi connectivity index (χ4n) is 20.1. The van der Waals surface area contributed by atoms with Crippen molar-refractivity contribution in [1.82, 2.24) is 48.1 Å². The van der Waals surface area contributed by atoms with Gasteiger partial charge in [-0.2, -0.15) is 5.26 Å². The summed E-state index contributed by atoms with van der Waals surface area (Å²) in [7, 11) is 0. The standard InChI is InChI=1S/C43H26N6.C42H30N2.C38H23N3/c44-27-28-15-17-29(18-16-28)34-23-35(33-19-21-39-37(26-33)45-40-22-20-30-9-7-8-14-38(30)49(39)40)25-36(24-34)43-47-41(31-10-3-1-4-11-31)46-42(48-43)32-12-5-2-6-13-32;1-42(2)36-14-4-3-13-34(36)35-20-17-32(26-37(35)42)30-12-8-10-28(24-30)27-9-7-11-29(23-27)31-18-21-39-33(25-31)19-22-41-43-38-15-5-6-16-40(38)44(39)41;1-3-12-29-24(8-1)16-19-31-37(30-13-4-5-14-32(30)40-38(29)31)28-11-7-10-26(22-28)27-17-20-35-33(23-27)39-36-21-18-25-9-2-6-15-34(25)41(35)36/h1-26H;3-26H,1-2H3;1-23H. The Morgan fingerprint density at radius 3 is 1.21 bits per heavy atom. The van der Waals surface area contributed by atoms with E-state index >= 15 is 0 Å². The molecule has 0 bridgehead atoms. The summed E-state index contributed by atoms with van der Waals surface area (Å²) >= 11 is 0. The van der Waals surface area contributed by atoms with Crippen molar-refractivity contribution in [3.8, 4) is 129 Å². The normalized spacial score (nSPS) is 12.2. The van der Waals surface area contributed by atoms with E-state index in [0.717, 1.165) is 116 Å². The zero-order valence-corrected chi connectivity index (χ0v) is 73.1. The highest BCUT2D eigenvalue weighted by Gasteiger charge is 2.35. The van der Waals surface area contributed by atoms with Crippen molar-refractivity contribution in [2.75, 3.05) is 0 Å². The molecular weight excluding hydrogens is 1630 g/mol. The molecule has 11 heteroatoms. The molecule has 8 heterocycles. The molecular formula is C123H79N11. The van der Waals surface area contributed by atoms with Crippen LogP contribution in [-0.4, -0.2) is 48.1 Å². The quantitative estimate of drug-likeness (QED) is 0.0978. The van der Waals surface area contributed by atoms with Crippen LogP contribution in [0.25, 0.3) is 239 Å². The molecule has 0 atom stereocenters. The van der Waals surface area contributed by atoms with Gasteiger partial charge in [-0.25, -0.2) is 34.9 Å². The van der Waals surface area contributed by atoms with Gasteiger partial charge in [-0.15, -0.1) is 0 Å². The third kappa shape index (κ3) is 13.7. The van der Waals surface area contributed by atoms with Crippen molar-refractivity contribution in [1.29, 1.82) is 5.26 Å². The van der Waals surface area contributed by atoms with Crippen LogP contribution in [0.4, 0.5) is 0 Å². The number of imidazole rings is 3. The zero-order valence-electron chi connectivity index (χ0n) is 73.1. The van der Waals surface area contributed by atoms with E-state index in [-0.39, 0.29) is 5.41 Å². The average Bonchev–Trinajstić information content (AvgIpc) is 1.55. The van der Waals surface area contributed by atoms with E-state index in [4.69, 9.17) is 34.9 Å². The van der Waals surface area contributed by atoms with Crippen LogP contribution in [0.2, 0.25) is 0 Å². The first-order valence-electron chi connectivity index (χ1n) is 45.3. The molecule has 26 aromatic rings. The molecule has 0 amide bonds. The van der Waals surface area contributed by atoms with Crippen LogP contribution >= 0.6 is 0 Å². The Bertz CT molecular complexity index is 9270. The Morgan fingerprint density at radius 1 is 0.216 bits per heavy atom. The second-order valence-corrected chi connectivity index (χ2v) is 35.1. The van der Waals surface area contributed by atoms with Gasteiger partial charge in [-0.05, 0) is 274 Å². The van der Waals surface area contributed by atoms with Crippen molar-refractivity contribution in [2.45, 2.75) is 19.3 Å². The van der Waals surface area contributed by atoms with Crippen LogP contribution in [0.15, 0.2) is 443 Å². The zero-order chi connectivity index (χ0) is 89.1. The molecule has 1 aliphatic carbocycles. The van der Waals surface area contributed by atoms with Gasteiger partial charge in [0.15, 0.2) is 17.5 Å². The third-order valence-electron chi connectivity index (χ3n) is 26.7. The largest absolute Gasteiger partial charge is 0.292 e. The first kappa shape index (κ1) is 78.3. The molecule has 27 rings (SSSR count). The molecule has 0 fully saturated rings. The predicted octanol–water partition coefficient (Wildman–Crippen LogP) is 30.8. The smallest absolute Gasteiger partial charge is 0.164 e. The van der Waals surface area contributed by atoms with Crippen LogP contribution in [0.1, 0.15) is 30.5 Å². The topological polar surface area (TPSA) is 127 Å². The van der Waals surface area contributed by atoms with Crippen LogP contribution in [-0.2, 0) is 5.41 Å². The molecule has 0 unspecified atom stereocenters. The minimum absolute atomic E-state index is 0.00945. The van der Waals surface area contributed by atoms with E-state index in [1.54, 1.807) is 0 Å². The summed E-state index contributed by atoms with van der Waals surface area (Å²) in [5.41, 5.74) is 39.5. The highest BCUT2D eigenvalue weighted by molar-refractivity contribution is 6.17. The summed E-state index contributed by atoms with van der Waals surface area (Å²) < 4.78 is 6.73. The first-order valence-corrected chi connectivity index (χ1v) is 45.3. The Morgan fingerprint density at radius 2 is 0.604 bits per heavy atom. The number of rotatable bonds is 10. The van der Waals surface area contributed by atoms with Gasteiger partial charge in [-0.1, -0.05) is 299 Å². The molecule has 0 saturated carbocycles. The van der Waals surface area contributed by atoms with E-state index in [9.17, 15) is 5.26 Å². The van der Waals surface area contributed by atoms with Gasteiger partial charge in [0.1, 0.15) is 16.9 Å². The van der Waals surface area contributed by atoms with E-state index in [2.05, 4.69) is 385 Å². The average molecular weight is 1710 g/mol. The molecule has 0 aliphatic heterocycles. The minimum Gasteiger partial charge on any atom is -0.292 e. The number of nitrogens with zero attached hydrogens (tertiary/aromatic N) is 11. The van der Waals surface area contributed by atoms with E-state index in [1.165, 1.54) is 116 Å². The molecule has 18 aromatic carbocycles. The van der Waals surface area contributed by atoms with Crippen LogP contribution in [0, 0.1) is 11.3 Å². The van der Waals surface area contributed by atoms with Gasteiger partial charge in [0.25, 0.3) is 0 Å². The van der Waals surface area contributed by atoms with Gasteiger partial charge in [0.2, 0.25) is 0 Å². The maximum Gasteiger partial charge on any atom is 0.164 e. The van der Waals surface area contributed by atoms with Crippen molar-refractivity contribution < 1.29 is 0 Å². The van der Waals surface area contributed by atoms with Crippen molar-refractivity contribution in [3.63, 3.8) is 0 Å². The summed E-state index contributed by atoms with van der Waals surface area (Å²) in [6, 6.07) is 158. The van der Waals surface area contributed by atoms with Gasteiger partial charge in [0, 0.05) is 43.8 Å². The van der Waals surface area contributed by atoms with E-state index in [0.29, 0.717) is 23.0 Å². The summed E-state index contributed by atoms with van der Waals surface area (Å²) in [5, 5.41) is 17.7. The number of nitriles is 1. The maximum absolute atomic E-state index is 9.44. The lowest BCUT2D eigenvalue weighted by atomic mass is 9.81. The molecule has 0 saturated heterocycles. The number of aromatic nitrogens is 10. The Hall–Kier alpha value is -18.0. The highest BCUT2D eigenvalue weighted by Crippen LogP contribution is 2.51. The second-order valence-electron chi connectivity index (χ2n) is 35.1. The number of fused-ring (bicyclic) bond motifs is 22. The lowest BCUT2D eigenvalue weighted by molar-refractivity contribution is 0.660. The number of benzene rings is 18. The molecule has 8 aromatic heterocycles. The predicted molar refractivity (Wildman–Crippen MR) is 551 cm³/mol. The van der Waals surface area contributed by atoms with Crippen molar-refractivity contribution in [2.24, 2.45) is 0 Å². The van der Waals surface area contributed by atoms with Crippen LogP contribution < -0.4 is 0 Å². The summed E-state index contributed by atoms with van der Waals surface area (Å²) in [6.07, 6.45) is 0. The molecule has 134 heavy (non-hydrogen) atoms. The van der Waals surface area contributed by atoms with Gasteiger partial charge in [-0.3, -0.25) is 13.2 Å². The van der Waals surface area contributed by atoms with Crippen LogP contribution in [0.3, 0.4) is 0 Å². The van der Waals surface area contributed by atoms with E-state index in [1.807, 2.05) is 91.0 Å². The van der Waals surface area contributed by atoms with Crippen molar-refractivity contribution in [3.05, 3.63) is 460 Å². The maximum atomic E-state index is 9.44. The monoisotopic (exact) mass is 1710 g/mol. The Labute approximate surface area is 771 Å². The Kier molecular flexibility index (Phi) is 18.7. The number of pyridine rings is 4. The first-order chi connectivity index (χ1) is 66.1. The number of para-hydroxylation sites is 5. The fraction of sp³-hybridized carbons (Fsp3) is 0.0244. The summed E-state index contributed by atoms with van der Waals surface area (Å²) in [5.74, 6) is 1.78. The number of hydrogen-bond acceptors (Lipinski definition) is 8. The minimum atomic E-state index is -0.00945. The SMILES string of the molecule is CC1(C)c2ccccc2-c2ccc(-c3cccc(-c4cccc(-c5ccc6c(ccc7nc8ccccc8n76)c5)c4)c3)cc21.N#Cc1ccc(-c2cc(-c3ccc4c(c3)nc3ccc5ccccc5n34)cc(-c3nc(-c4ccccc4)nc(-c4ccccc4)n3)c2)cc1.c1cc(-c2ccc3c(c2)nc2ccc4ccccc4n23)cc(-c2c3ccccc3nc3c2ccc2ccccc23)c1. The molecule has 0 spiro atoms. The van der Waals surface area contributed by atoms with E-state index < -0.39 is 0 Å². The molecule has 0 N–H and O–H groups in total.